The molecule has 0 aliphatic carbocycles. The van der Waals surface area contributed by atoms with Crippen LogP contribution in [-0.2, 0) is 19.1 Å². The number of rotatable bonds is 8. The first-order valence-corrected chi connectivity index (χ1v) is 6.55. The maximum atomic E-state index is 11.8. The Morgan fingerprint density at radius 3 is 2.00 bits per heavy atom. The average molecular weight is 259 g/mol. The van der Waals surface area contributed by atoms with Gasteiger partial charge in [-0.05, 0) is 34.1 Å². The fraction of sp³-hybridized carbons (Fsp3) is 0.846. The summed E-state index contributed by atoms with van der Waals surface area (Å²) in [4.78, 5) is 25.2. The van der Waals surface area contributed by atoms with Gasteiger partial charge in [-0.15, -0.1) is 0 Å². The second-order valence-corrected chi connectivity index (χ2v) is 4.25. The van der Waals surface area contributed by atoms with Gasteiger partial charge in [0.15, 0.2) is 0 Å². The third-order valence-corrected chi connectivity index (χ3v) is 2.63. The van der Waals surface area contributed by atoms with Gasteiger partial charge in [0.05, 0.1) is 19.8 Å². The largest absolute Gasteiger partial charge is 0.465 e. The Kier molecular flexibility index (Phi) is 8.37. The molecule has 0 saturated carbocycles. The normalized spacial score (nSPS) is 12.6. The van der Waals surface area contributed by atoms with Crippen molar-refractivity contribution in [2.24, 2.45) is 0 Å². The van der Waals surface area contributed by atoms with Gasteiger partial charge in [0.2, 0.25) is 0 Å². The molecular weight excluding hydrogens is 234 g/mol. The van der Waals surface area contributed by atoms with Gasteiger partial charge in [-0.3, -0.25) is 14.5 Å². The number of hydrogen-bond donors (Lipinski definition) is 0. The van der Waals surface area contributed by atoms with Crippen LogP contribution in [0.3, 0.4) is 0 Å². The monoisotopic (exact) mass is 259 g/mol. The Hall–Kier alpha value is -1.10. The maximum Gasteiger partial charge on any atom is 0.323 e. The molecule has 0 saturated heterocycles. The molecule has 5 heteroatoms. The number of esters is 2. The molecule has 18 heavy (non-hydrogen) atoms. The second kappa shape index (κ2) is 8.91. The lowest BCUT2D eigenvalue weighted by Crippen LogP contribution is -2.48. The Bertz CT molecular complexity index is 266. The predicted molar refractivity (Wildman–Crippen MR) is 69.2 cm³/mol. The van der Waals surface area contributed by atoms with Crippen molar-refractivity contribution in [1.29, 1.82) is 0 Å². The molecule has 0 radical (unpaired) electrons. The van der Waals surface area contributed by atoms with Crippen LogP contribution >= 0.6 is 0 Å². The van der Waals surface area contributed by atoms with E-state index in [0.29, 0.717) is 19.6 Å². The minimum Gasteiger partial charge on any atom is -0.465 e. The summed E-state index contributed by atoms with van der Waals surface area (Å²) in [5.41, 5.74) is 0. The topological polar surface area (TPSA) is 55.8 Å². The molecule has 5 nitrogen and oxygen atoms in total. The lowest BCUT2D eigenvalue weighted by Gasteiger charge is -2.31. The number of carbonyl (C=O) groups excluding carboxylic acids is 2. The van der Waals surface area contributed by atoms with Crippen LogP contribution in [0.2, 0.25) is 0 Å². The molecule has 0 spiro atoms. The lowest BCUT2D eigenvalue weighted by atomic mass is 10.1. The number of hydrogen-bond acceptors (Lipinski definition) is 5. The molecule has 0 bridgehead atoms. The van der Waals surface area contributed by atoms with Crippen LogP contribution < -0.4 is 0 Å². The van der Waals surface area contributed by atoms with Crippen LogP contribution in [0.25, 0.3) is 0 Å². The molecule has 0 amide bonds. The Morgan fingerprint density at radius 1 is 1.06 bits per heavy atom. The molecule has 0 aromatic carbocycles. The highest BCUT2D eigenvalue weighted by atomic mass is 16.5. The molecule has 0 fully saturated rings. The fourth-order valence-electron chi connectivity index (χ4n) is 1.78. The van der Waals surface area contributed by atoms with Gasteiger partial charge in [-0.25, -0.2) is 0 Å². The van der Waals surface area contributed by atoms with Crippen LogP contribution in [0.15, 0.2) is 0 Å². The highest BCUT2D eigenvalue weighted by molar-refractivity contribution is 5.77. The second-order valence-electron chi connectivity index (χ2n) is 4.25. The predicted octanol–water partition coefficient (Wildman–Crippen LogP) is 1.60. The van der Waals surface area contributed by atoms with Crippen molar-refractivity contribution in [3.8, 4) is 0 Å². The van der Waals surface area contributed by atoms with E-state index in [1.165, 1.54) is 0 Å². The first kappa shape index (κ1) is 16.9. The molecule has 106 valence electrons. The zero-order valence-corrected chi connectivity index (χ0v) is 12.1. The smallest absolute Gasteiger partial charge is 0.323 e. The number of ether oxygens (including phenoxy) is 2. The van der Waals surface area contributed by atoms with Crippen molar-refractivity contribution in [2.75, 3.05) is 19.8 Å². The molecule has 1 unspecified atom stereocenters. The highest BCUT2D eigenvalue weighted by Gasteiger charge is 2.29. The Balaban J connectivity index is 4.72. The summed E-state index contributed by atoms with van der Waals surface area (Å²) in [6.07, 6.45) is 0.608. The van der Waals surface area contributed by atoms with Gasteiger partial charge in [-0.1, -0.05) is 6.92 Å². The molecule has 0 rings (SSSR count). The van der Waals surface area contributed by atoms with Crippen LogP contribution in [0, 0.1) is 0 Å². The van der Waals surface area contributed by atoms with Crippen LogP contribution in [-0.4, -0.2) is 48.7 Å². The average Bonchev–Trinajstić information content (AvgIpc) is 2.29. The van der Waals surface area contributed by atoms with Gasteiger partial charge in [0.25, 0.3) is 0 Å². The zero-order valence-electron chi connectivity index (χ0n) is 12.1. The fourth-order valence-corrected chi connectivity index (χ4v) is 1.78. The molecule has 0 aliphatic heterocycles. The molecule has 0 aromatic rings. The third-order valence-electron chi connectivity index (χ3n) is 2.63. The van der Waals surface area contributed by atoms with E-state index in [1.54, 1.807) is 13.8 Å². The van der Waals surface area contributed by atoms with Crippen molar-refractivity contribution in [3.05, 3.63) is 0 Å². The van der Waals surface area contributed by atoms with Crippen LogP contribution in [0.1, 0.15) is 41.0 Å². The zero-order chi connectivity index (χ0) is 14.1. The summed E-state index contributed by atoms with van der Waals surface area (Å²) in [5, 5.41) is 0. The molecule has 0 aromatic heterocycles. The Morgan fingerprint density at radius 2 is 1.61 bits per heavy atom. The van der Waals surface area contributed by atoms with Gasteiger partial charge in [0.1, 0.15) is 6.04 Å². The summed E-state index contributed by atoms with van der Waals surface area (Å²) in [6, 6.07) is -0.321. The van der Waals surface area contributed by atoms with Gasteiger partial charge < -0.3 is 9.47 Å². The van der Waals surface area contributed by atoms with E-state index in [4.69, 9.17) is 9.47 Å². The van der Waals surface area contributed by atoms with E-state index >= 15 is 0 Å². The minimum atomic E-state index is -0.394. The molecule has 0 heterocycles. The molecular formula is C13H25NO4. The number of nitrogens with zero attached hydrogens (tertiary/aromatic N) is 1. The van der Waals surface area contributed by atoms with Crippen molar-refractivity contribution >= 4 is 11.9 Å². The Labute approximate surface area is 109 Å². The summed E-state index contributed by atoms with van der Waals surface area (Å²) in [7, 11) is 0. The quantitative estimate of drug-likeness (QED) is 0.620. The lowest BCUT2D eigenvalue weighted by molar-refractivity contribution is -0.154. The van der Waals surface area contributed by atoms with Gasteiger partial charge in [-0.2, -0.15) is 0 Å². The molecule has 1 atom stereocenters. The SMILES string of the molecule is CCOC(=O)CN(C(C)C)C(CC)C(=O)OCC. The van der Waals surface area contributed by atoms with Gasteiger partial charge in [0, 0.05) is 6.04 Å². The summed E-state index contributed by atoms with van der Waals surface area (Å²) < 4.78 is 9.96. The van der Waals surface area contributed by atoms with E-state index in [9.17, 15) is 9.59 Å². The van der Waals surface area contributed by atoms with E-state index in [-0.39, 0.29) is 24.5 Å². The standard InChI is InChI=1S/C13H25NO4/c1-6-11(13(16)18-8-3)14(10(4)5)9-12(15)17-7-2/h10-11H,6-9H2,1-5H3. The van der Waals surface area contributed by atoms with E-state index in [2.05, 4.69) is 0 Å². The first-order chi connectivity index (χ1) is 8.47. The maximum absolute atomic E-state index is 11.8. The van der Waals surface area contributed by atoms with E-state index in [0.717, 1.165) is 0 Å². The molecule has 0 N–H and O–H groups in total. The van der Waals surface area contributed by atoms with Crippen molar-refractivity contribution < 1.29 is 19.1 Å². The number of carbonyl (C=O) groups is 2. The van der Waals surface area contributed by atoms with Crippen LogP contribution in [0.4, 0.5) is 0 Å². The summed E-state index contributed by atoms with van der Waals surface area (Å²) >= 11 is 0. The first-order valence-electron chi connectivity index (χ1n) is 6.55. The van der Waals surface area contributed by atoms with Crippen molar-refractivity contribution in [3.63, 3.8) is 0 Å². The van der Waals surface area contributed by atoms with E-state index < -0.39 is 6.04 Å². The van der Waals surface area contributed by atoms with Crippen LogP contribution in [0.5, 0.6) is 0 Å². The summed E-state index contributed by atoms with van der Waals surface area (Å²) in [5.74, 6) is -0.591. The summed E-state index contributed by atoms with van der Waals surface area (Å²) in [6.45, 7) is 10.1. The third kappa shape index (κ3) is 5.49. The van der Waals surface area contributed by atoms with Crippen molar-refractivity contribution in [2.45, 2.75) is 53.1 Å². The van der Waals surface area contributed by atoms with Crippen molar-refractivity contribution in [1.82, 2.24) is 4.90 Å². The minimum absolute atomic E-state index is 0.0729. The van der Waals surface area contributed by atoms with Gasteiger partial charge >= 0.3 is 11.9 Å². The highest BCUT2D eigenvalue weighted by Crippen LogP contribution is 2.11. The molecule has 0 aliphatic rings. The van der Waals surface area contributed by atoms with E-state index in [1.807, 2.05) is 25.7 Å².